The zero-order valence-corrected chi connectivity index (χ0v) is 22.8. The maximum absolute atomic E-state index is 14.9. The minimum Gasteiger partial charge on any atom is -0.458 e. The fourth-order valence-electron chi connectivity index (χ4n) is 6.01. The predicted molar refractivity (Wildman–Crippen MR) is 145 cm³/mol. The second-order valence-corrected chi connectivity index (χ2v) is 11.1. The highest BCUT2D eigenvalue weighted by molar-refractivity contribution is 6.33. The first-order valence-corrected chi connectivity index (χ1v) is 13.4. The van der Waals surface area contributed by atoms with E-state index in [1.807, 2.05) is 26.0 Å². The van der Waals surface area contributed by atoms with E-state index in [2.05, 4.69) is 10.5 Å². The van der Waals surface area contributed by atoms with Crippen molar-refractivity contribution in [3.05, 3.63) is 93.1 Å². The van der Waals surface area contributed by atoms with Gasteiger partial charge in [0.05, 0.1) is 16.5 Å². The SMILES string of the molecule is Cc1onc(-c2c(F)cccc2Cl)c1C(=O)NC12C(=O)C3=C(N)CCC=CC3C1(O)Oc1cc(C(C)C)ccc12. The number of benzene rings is 2. The van der Waals surface area contributed by atoms with Crippen LogP contribution in [0.1, 0.15) is 59.9 Å². The molecule has 8 nitrogen and oxygen atoms in total. The Morgan fingerprint density at radius 2 is 2.08 bits per heavy atom. The van der Waals surface area contributed by atoms with Crippen LogP contribution in [-0.2, 0) is 10.3 Å². The second kappa shape index (κ2) is 9.04. The number of nitrogens with two attached hydrogens (primary N) is 1. The Hall–Kier alpha value is -3.95. The van der Waals surface area contributed by atoms with Gasteiger partial charge in [-0.05, 0) is 49.4 Å². The topological polar surface area (TPSA) is 128 Å². The summed E-state index contributed by atoms with van der Waals surface area (Å²) in [6.07, 6.45) is 4.53. The van der Waals surface area contributed by atoms with Crippen LogP contribution in [0.5, 0.6) is 5.75 Å². The van der Waals surface area contributed by atoms with E-state index in [4.69, 9.17) is 26.6 Å². The lowest BCUT2D eigenvalue weighted by molar-refractivity contribution is -0.182. The number of carbonyl (C=O) groups is 2. The Morgan fingerprint density at radius 1 is 1.30 bits per heavy atom. The fourth-order valence-corrected chi connectivity index (χ4v) is 6.26. The van der Waals surface area contributed by atoms with Crippen LogP contribution in [0.2, 0.25) is 5.02 Å². The highest BCUT2D eigenvalue weighted by atomic mass is 35.5. The van der Waals surface area contributed by atoms with Crippen molar-refractivity contribution in [2.24, 2.45) is 11.7 Å². The first-order valence-electron chi connectivity index (χ1n) is 13.0. The van der Waals surface area contributed by atoms with Gasteiger partial charge in [0.25, 0.3) is 11.7 Å². The molecule has 0 radical (unpaired) electrons. The van der Waals surface area contributed by atoms with E-state index in [1.165, 1.54) is 25.1 Å². The molecule has 0 spiro atoms. The number of ketones is 1. The number of hydrogen-bond donors (Lipinski definition) is 3. The molecule has 4 N–H and O–H groups in total. The summed E-state index contributed by atoms with van der Waals surface area (Å²) in [7, 11) is 0. The molecule has 0 bridgehead atoms. The van der Waals surface area contributed by atoms with Crippen molar-refractivity contribution in [2.45, 2.75) is 50.9 Å². The van der Waals surface area contributed by atoms with E-state index in [1.54, 1.807) is 18.2 Å². The van der Waals surface area contributed by atoms with Crippen LogP contribution >= 0.6 is 11.6 Å². The fraction of sp³-hybridized carbons (Fsp3) is 0.300. The van der Waals surface area contributed by atoms with E-state index < -0.39 is 34.8 Å². The van der Waals surface area contributed by atoms with Gasteiger partial charge in [0.2, 0.25) is 0 Å². The summed E-state index contributed by atoms with van der Waals surface area (Å²) < 4.78 is 26.4. The number of nitrogens with zero attached hydrogens (tertiary/aromatic N) is 1. The molecule has 206 valence electrons. The third-order valence-corrected chi connectivity index (χ3v) is 8.36. The standard InChI is InChI=1S/C30H27ClFN3O5/c1-14(2)16-11-12-17-22(13-16)39-30(38)18-7-4-5-10-21(33)24(18)27(36)29(17,30)34-28(37)23-15(3)40-35-26(23)25-19(31)8-6-9-20(25)32/h4,6-9,11-14,18,38H,5,10,33H2,1-3H3,(H,34,37). The molecule has 1 saturated carbocycles. The van der Waals surface area contributed by atoms with Crippen LogP contribution in [-0.4, -0.2) is 27.7 Å². The molecule has 3 aromatic rings. The number of halogens is 2. The number of aromatic nitrogens is 1. The smallest absolute Gasteiger partial charge is 0.258 e. The van der Waals surface area contributed by atoms with E-state index in [0.717, 1.165) is 5.56 Å². The van der Waals surface area contributed by atoms with Crippen LogP contribution in [0.15, 0.2) is 64.3 Å². The normalized spacial score (nSPS) is 25.0. The van der Waals surface area contributed by atoms with Crippen LogP contribution in [0.3, 0.4) is 0 Å². The quantitative estimate of drug-likeness (QED) is 0.380. The van der Waals surface area contributed by atoms with Gasteiger partial charge in [0.15, 0.2) is 11.3 Å². The van der Waals surface area contributed by atoms with Crippen molar-refractivity contribution in [1.82, 2.24) is 10.5 Å². The first-order chi connectivity index (χ1) is 19.0. The van der Waals surface area contributed by atoms with E-state index in [-0.39, 0.29) is 44.8 Å². The minimum absolute atomic E-state index is 0.0232. The van der Waals surface area contributed by atoms with Crippen molar-refractivity contribution in [1.29, 1.82) is 0 Å². The molecule has 6 rings (SSSR count). The molecule has 1 amide bonds. The number of hydrogen-bond acceptors (Lipinski definition) is 7. The third kappa shape index (κ3) is 3.44. The van der Waals surface area contributed by atoms with Gasteiger partial charge in [-0.25, -0.2) is 4.39 Å². The number of carbonyl (C=O) groups excluding carboxylic acids is 2. The third-order valence-electron chi connectivity index (χ3n) is 8.04. The Labute approximate surface area is 234 Å². The number of aryl methyl sites for hydroxylation is 1. The number of nitrogens with one attached hydrogen (secondary N) is 1. The molecule has 2 aromatic carbocycles. The van der Waals surface area contributed by atoms with Gasteiger partial charge in [0, 0.05) is 16.8 Å². The zero-order chi connectivity index (χ0) is 28.6. The summed E-state index contributed by atoms with van der Waals surface area (Å²) in [4.78, 5) is 28.5. The number of fused-ring (bicyclic) bond motifs is 5. The summed E-state index contributed by atoms with van der Waals surface area (Å²) in [5.41, 5.74) is 5.64. The van der Waals surface area contributed by atoms with Gasteiger partial charge >= 0.3 is 0 Å². The molecule has 1 aromatic heterocycles. The highest BCUT2D eigenvalue weighted by Gasteiger charge is 2.75. The monoisotopic (exact) mass is 563 g/mol. The van der Waals surface area contributed by atoms with Crippen molar-refractivity contribution < 1.29 is 28.3 Å². The molecule has 2 aliphatic carbocycles. The maximum Gasteiger partial charge on any atom is 0.258 e. The lowest BCUT2D eigenvalue weighted by atomic mass is 9.81. The van der Waals surface area contributed by atoms with Gasteiger partial charge in [-0.2, -0.15) is 0 Å². The number of rotatable bonds is 4. The first kappa shape index (κ1) is 26.3. The minimum atomic E-state index is -2.22. The average molecular weight is 564 g/mol. The number of aliphatic hydroxyl groups is 1. The van der Waals surface area contributed by atoms with Crippen molar-refractivity contribution in [3.63, 3.8) is 0 Å². The molecular weight excluding hydrogens is 537 g/mol. The number of Topliss-reactive ketones (excluding diaryl/α,β-unsaturated/α-hetero) is 1. The number of ether oxygens (including phenoxy) is 1. The molecule has 1 fully saturated rings. The largest absolute Gasteiger partial charge is 0.458 e. The highest BCUT2D eigenvalue weighted by Crippen LogP contribution is 2.59. The summed E-state index contributed by atoms with van der Waals surface area (Å²) >= 11 is 6.28. The Kier molecular flexibility index (Phi) is 5.94. The van der Waals surface area contributed by atoms with Gasteiger partial charge in [-0.3, -0.25) is 9.59 Å². The molecule has 10 heteroatoms. The van der Waals surface area contributed by atoms with Crippen molar-refractivity contribution in [2.75, 3.05) is 0 Å². The molecule has 3 atom stereocenters. The predicted octanol–water partition coefficient (Wildman–Crippen LogP) is 5.03. The van der Waals surface area contributed by atoms with E-state index in [9.17, 15) is 19.1 Å². The lowest BCUT2D eigenvalue weighted by Gasteiger charge is -2.35. The summed E-state index contributed by atoms with van der Waals surface area (Å²) in [6.45, 7) is 5.50. The summed E-state index contributed by atoms with van der Waals surface area (Å²) in [5, 5.41) is 19.0. The molecule has 2 heterocycles. The van der Waals surface area contributed by atoms with Gasteiger partial charge in [-0.15, -0.1) is 0 Å². The van der Waals surface area contributed by atoms with Gasteiger partial charge < -0.3 is 25.4 Å². The molecule has 40 heavy (non-hydrogen) atoms. The second-order valence-electron chi connectivity index (χ2n) is 10.7. The van der Waals surface area contributed by atoms with Crippen LogP contribution in [0.25, 0.3) is 11.3 Å². The van der Waals surface area contributed by atoms with Crippen LogP contribution < -0.4 is 15.8 Å². The lowest BCUT2D eigenvalue weighted by Crippen LogP contribution is -2.63. The molecule has 0 saturated heterocycles. The Morgan fingerprint density at radius 3 is 2.80 bits per heavy atom. The Bertz CT molecular complexity index is 1640. The van der Waals surface area contributed by atoms with E-state index in [0.29, 0.717) is 24.1 Å². The van der Waals surface area contributed by atoms with Crippen molar-refractivity contribution >= 4 is 23.3 Å². The molecular formula is C30H27ClFN3O5. The molecule has 3 unspecified atom stereocenters. The summed E-state index contributed by atoms with van der Waals surface area (Å²) in [5.74, 6) is -4.79. The van der Waals surface area contributed by atoms with Gasteiger partial charge in [-0.1, -0.05) is 61.0 Å². The van der Waals surface area contributed by atoms with E-state index >= 15 is 0 Å². The van der Waals surface area contributed by atoms with Gasteiger partial charge in [0.1, 0.15) is 28.6 Å². The zero-order valence-electron chi connectivity index (χ0n) is 22.0. The summed E-state index contributed by atoms with van der Waals surface area (Å²) in [6, 6.07) is 9.36. The number of allylic oxidation sites excluding steroid dienone is 2. The van der Waals surface area contributed by atoms with Crippen LogP contribution in [0, 0.1) is 18.7 Å². The Balaban J connectivity index is 1.55. The molecule has 3 aliphatic rings. The van der Waals surface area contributed by atoms with Crippen LogP contribution in [0.4, 0.5) is 4.39 Å². The maximum atomic E-state index is 14.9. The number of amides is 1. The van der Waals surface area contributed by atoms with Crippen molar-refractivity contribution in [3.8, 4) is 17.0 Å². The molecule has 1 aliphatic heterocycles. The average Bonchev–Trinajstić information content (AvgIpc) is 3.38.